The third-order valence-corrected chi connectivity index (χ3v) is 3.92. The first kappa shape index (κ1) is 13.6. The van der Waals surface area contributed by atoms with Crippen LogP contribution in [-0.2, 0) is 4.79 Å². The number of benzene rings is 1. The molecule has 1 aliphatic rings. The standard InChI is InChI=1S/C17H19N3O/c1-12-11-15(19-17-9-5-6-10-18-17)14-7-3-4-8-16(14)20(12)13(2)21/h3-10,12,15H,11H2,1-2H3,(H,18,19). The Bertz CT molecular complexity index is 641. The number of amides is 1. The average Bonchev–Trinajstić information content (AvgIpc) is 2.48. The molecule has 0 saturated heterocycles. The van der Waals surface area contributed by atoms with Crippen LogP contribution in [0.5, 0.6) is 0 Å². The first-order chi connectivity index (χ1) is 10.2. The Morgan fingerprint density at radius 3 is 2.71 bits per heavy atom. The number of carbonyl (C=O) groups is 1. The smallest absolute Gasteiger partial charge is 0.224 e. The molecule has 0 spiro atoms. The second-order valence-corrected chi connectivity index (χ2v) is 5.44. The van der Waals surface area contributed by atoms with Crippen LogP contribution < -0.4 is 10.2 Å². The molecular formula is C17H19N3O. The maximum absolute atomic E-state index is 11.9. The summed E-state index contributed by atoms with van der Waals surface area (Å²) in [5, 5.41) is 3.48. The molecule has 4 nitrogen and oxygen atoms in total. The molecule has 2 aromatic rings. The summed E-state index contributed by atoms with van der Waals surface area (Å²) >= 11 is 0. The van der Waals surface area contributed by atoms with Gasteiger partial charge in [-0.2, -0.15) is 0 Å². The number of anilines is 2. The van der Waals surface area contributed by atoms with E-state index in [0.29, 0.717) is 0 Å². The average molecular weight is 281 g/mol. The third kappa shape index (κ3) is 2.61. The van der Waals surface area contributed by atoms with Crippen molar-refractivity contribution in [3.8, 4) is 0 Å². The quantitative estimate of drug-likeness (QED) is 0.918. The van der Waals surface area contributed by atoms with Gasteiger partial charge in [-0.3, -0.25) is 4.79 Å². The molecule has 0 aliphatic carbocycles. The first-order valence-electron chi connectivity index (χ1n) is 7.23. The number of nitrogens with one attached hydrogen (secondary N) is 1. The van der Waals surface area contributed by atoms with Crippen LogP contribution in [0.2, 0.25) is 0 Å². The van der Waals surface area contributed by atoms with Crippen molar-refractivity contribution in [1.29, 1.82) is 0 Å². The second kappa shape index (κ2) is 5.56. The summed E-state index contributed by atoms with van der Waals surface area (Å²) in [6.45, 7) is 3.71. The number of carbonyl (C=O) groups excluding carboxylic acids is 1. The fourth-order valence-electron chi connectivity index (χ4n) is 3.06. The van der Waals surface area contributed by atoms with Gasteiger partial charge in [-0.1, -0.05) is 24.3 Å². The van der Waals surface area contributed by atoms with Crippen LogP contribution in [0.3, 0.4) is 0 Å². The van der Waals surface area contributed by atoms with Crippen molar-refractivity contribution in [2.24, 2.45) is 0 Å². The minimum Gasteiger partial charge on any atom is -0.363 e. The van der Waals surface area contributed by atoms with Gasteiger partial charge < -0.3 is 10.2 Å². The monoisotopic (exact) mass is 281 g/mol. The molecular weight excluding hydrogens is 262 g/mol. The van der Waals surface area contributed by atoms with Crippen molar-refractivity contribution in [2.45, 2.75) is 32.4 Å². The van der Waals surface area contributed by atoms with E-state index in [1.165, 1.54) is 0 Å². The Morgan fingerprint density at radius 1 is 1.24 bits per heavy atom. The van der Waals surface area contributed by atoms with Crippen LogP contribution in [-0.4, -0.2) is 16.9 Å². The third-order valence-electron chi connectivity index (χ3n) is 3.92. The number of hydrogen-bond acceptors (Lipinski definition) is 3. The minimum atomic E-state index is 0.0891. The van der Waals surface area contributed by atoms with E-state index in [1.54, 1.807) is 13.1 Å². The van der Waals surface area contributed by atoms with Gasteiger partial charge in [0.05, 0.1) is 6.04 Å². The highest BCUT2D eigenvalue weighted by Gasteiger charge is 2.32. The van der Waals surface area contributed by atoms with Gasteiger partial charge in [0.25, 0.3) is 0 Å². The van der Waals surface area contributed by atoms with E-state index < -0.39 is 0 Å². The van der Waals surface area contributed by atoms with Crippen LogP contribution in [0.25, 0.3) is 0 Å². The predicted octanol–water partition coefficient (Wildman–Crippen LogP) is 3.38. The summed E-state index contributed by atoms with van der Waals surface area (Å²) in [5.74, 6) is 0.951. The maximum Gasteiger partial charge on any atom is 0.224 e. The van der Waals surface area contributed by atoms with Crippen molar-refractivity contribution in [3.63, 3.8) is 0 Å². The summed E-state index contributed by atoms with van der Waals surface area (Å²) in [4.78, 5) is 18.1. The van der Waals surface area contributed by atoms with E-state index in [4.69, 9.17) is 0 Å². The number of para-hydroxylation sites is 1. The fourth-order valence-corrected chi connectivity index (χ4v) is 3.06. The molecule has 2 unspecified atom stereocenters. The molecule has 0 bridgehead atoms. The van der Waals surface area contributed by atoms with Gasteiger partial charge >= 0.3 is 0 Å². The number of nitrogens with zero attached hydrogens (tertiary/aromatic N) is 2. The van der Waals surface area contributed by atoms with Crippen LogP contribution in [0.1, 0.15) is 31.9 Å². The van der Waals surface area contributed by atoms with E-state index >= 15 is 0 Å². The van der Waals surface area contributed by atoms with Crippen molar-refractivity contribution in [2.75, 3.05) is 10.2 Å². The summed E-state index contributed by atoms with van der Waals surface area (Å²) in [5.41, 5.74) is 2.15. The van der Waals surface area contributed by atoms with Crippen molar-refractivity contribution >= 4 is 17.4 Å². The molecule has 0 fully saturated rings. The Balaban J connectivity index is 1.96. The highest BCUT2D eigenvalue weighted by Crippen LogP contribution is 2.38. The lowest BCUT2D eigenvalue weighted by molar-refractivity contribution is -0.117. The summed E-state index contributed by atoms with van der Waals surface area (Å²) in [6.07, 6.45) is 2.65. The van der Waals surface area contributed by atoms with Crippen LogP contribution in [0.4, 0.5) is 11.5 Å². The SMILES string of the molecule is CC(=O)N1c2ccccc2C(Nc2ccccn2)CC1C. The molecule has 2 atom stereocenters. The molecule has 21 heavy (non-hydrogen) atoms. The summed E-state index contributed by atoms with van der Waals surface area (Å²) in [7, 11) is 0. The molecule has 0 saturated carbocycles. The molecule has 2 heterocycles. The van der Waals surface area contributed by atoms with Gasteiger partial charge in [-0.15, -0.1) is 0 Å². The number of pyridine rings is 1. The van der Waals surface area contributed by atoms with Crippen molar-refractivity contribution < 1.29 is 4.79 Å². The van der Waals surface area contributed by atoms with E-state index in [2.05, 4.69) is 23.3 Å². The van der Waals surface area contributed by atoms with Crippen LogP contribution >= 0.6 is 0 Å². The lowest BCUT2D eigenvalue weighted by Gasteiger charge is -2.39. The maximum atomic E-state index is 11.9. The fraction of sp³-hybridized carbons (Fsp3) is 0.294. The number of hydrogen-bond donors (Lipinski definition) is 1. The zero-order valence-corrected chi connectivity index (χ0v) is 12.3. The molecule has 1 N–H and O–H groups in total. The molecule has 1 aromatic heterocycles. The van der Waals surface area contributed by atoms with Crippen LogP contribution in [0, 0.1) is 0 Å². The molecule has 3 rings (SSSR count). The lowest BCUT2D eigenvalue weighted by atomic mass is 9.91. The molecule has 0 radical (unpaired) electrons. The number of rotatable bonds is 2. The van der Waals surface area contributed by atoms with Gasteiger partial charge in [0.15, 0.2) is 0 Å². The van der Waals surface area contributed by atoms with Gasteiger partial charge in [0.1, 0.15) is 5.82 Å². The van der Waals surface area contributed by atoms with Gasteiger partial charge in [-0.05, 0) is 37.1 Å². The van der Waals surface area contributed by atoms with E-state index in [9.17, 15) is 4.79 Å². The minimum absolute atomic E-state index is 0.0891. The summed E-state index contributed by atoms with van der Waals surface area (Å²) in [6, 6.07) is 14.3. The molecule has 1 amide bonds. The largest absolute Gasteiger partial charge is 0.363 e. The molecule has 1 aliphatic heterocycles. The molecule has 4 heteroatoms. The second-order valence-electron chi connectivity index (χ2n) is 5.44. The zero-order chi connectivity index (χ0) is 14.8. The van der Waals surface area contributed by atoms with Crippen molar-refractivity contribution in [3.05, 3.63) is 54.2 Å². The Morgan fingerprint density at radius 2 is 2.00 bits per heavy atom. The number of fused-ring (bicyclic) bond motifs is 1. The van der Waals surface area contributed by atoms with E-state index in [0.717, 1.165) is 23.5 Å². The lowest BCUT2D eigenvalue weighted by Crippen LogP contribution is -2.43. The predicted molar refractivity (Wildman–Crippen MR) is 84.3 cm³/mol. The van der Waals surface area contributed by atoms with Gasteiger partial charge in [0, 0.05) is 24.8 Å². The van der Waals surface area contributed by atoms with Crippen molar-refractivity contribution in [1.82, 2.24) is 4.98 Å². The number of aromatic nitrogens is 1. The van der Waals surface area contributed by atoms with Crippen LogP contribution in [0.15, 0.2) is 48.7 Å². The summed E-state index contributed by atoms with van der Waals surface area (Å²) < 4.78 is 0. The first-order valence-corrected chi connectivity index (χ1v) is 7.23. The Labute approximate surface area is 124 Å². The topological polar surface area (TPSA) is 45.2 Å². The highest BCUT2D eigenvalue weighted by molar-refractivity contribution is 5.93. The molecule has 108 valence electrons. The zero-order valence-electron chi connectivity index (χ0n) is 12.3. The van der Waals surface area contributed by atoms with E-state index in [1.807, 2.05) is 41.3 Å². The van der Waals surface area contributed by atoms with Gasteiger partial charge in [-0.25, -0.2) is 4.98 Å². The van der Waals surface area contributed by atoms with Gasteiger partial charge in [0.2, 0.25) is 5.91 Å². The normalized spacial score (nSPS) is 20.8. The van der Waals surface area contributed by atoms with E-state index in [-0.39, 0.29) is 18.0 Å². The highest BCUT2D eigenvalue weighted by atomic mass is 16.2. The Kier molecular flexibility index (Phi) is 3.60. The Hall–Kier alpha value is -2.36. The molecule has 1 aromatic carbocycles.